The third-order valence-electron chi connectivity index (χ3n) is 5.31. The summed E-state index contributed by atoms with van der Waals surface area (Å²) in [6, 6.07) is 5.18. The number of hydrogen-bond acceptors (Lipinski definition) is 7. The highest BCUT2D eigenvalue weighted by atomic mass is 32.1. The zero-order chi connectivity index (χ0) is 23.6. The Morgan fingerprint density at radius 3 is 2.67 bits per heavy atom. The maximum Gasteiger partial charge on any atom is 0.419 e. The second-order valence-electron chi connectivity index (χ2n) is 7.71. The SMILES string of the molecule is O=C(O)CCCc1nc2sc(N3CCC(Oc4ccccc4C(F)(F)F)CC3)nc2c(=O)[nH]1. The van der Waals surface area contributed by atoms with Crippen LogP contribution in [0.5, 0.6) is 5.75 Å². The zero-order valence-electron chi connectivity index (χ0n) is 17.4. The van der Waals surface area contributed by atoms with Gasteiger partial charge in [-0.05, 0) is 18.6 Å². The molecule has 0 amide bonds. The third-order valence-corrected chi connectivity index (χ3v) is 6.32. The van der Waals surface area contributed by atoms with Crippen LogP contribution >= 0.6 is 11.3 Å². The van der Waals surface area contributed by atoms with Gasteiger partial charge in [0.05, 0.1) is 5.56 Å². The van der Waals surface area contributed by atoms with Gasteiger partial charge in [0.25, 0.3) is 5.56 Å². The number of carboxylic acid groups (broad SMARTS) is 1. The Bertz CT molecular complexity index is 1200. The maximum atomic E-state index is 13.2. The van der Waals surface area contributed by atoms with Crippen molar-refractivity contribution in [2.24, 2.45) is 0 Å². The lowest BCUT2D eigenvalue weighted by molar-refractivity contribution is -0.139. The monoisotopic (exact) mass is 482 g/mol. The number of carboxylic acids is 1. The minimum Gasteiger partial charge on any atom is -0.490 e. The number of thiazole rings is 1. The molecule has 0 atom stereocenters. The van der Waals surface area contributed by atoms with Crippen LogP contribution in [0.1, 0.15) is 37.1 Å². The number of rotatable bonds is 7. The van der Waals surface area contributed by atoms with Gasteiger partial charge in [-0.3, -0.25) is 9.59 Å². The number of piperidine rings is 1. The largest absolute Gasteiger partial charge is 0.490 e. The fraction of sp³-hybridized carbons (Fsp3) is 0.429. The Labute approximate surface area is 190 Å². The van der Waals surface area contributed by atoms with Crippen molar-refractivity contribution in [3.63, 3.8) is 0 Å². The van der Waals surface area contributed by atoms with Crippen LogP contribution in [-0.2, 0) is 17.4 Å². The lowest BCUT2D eigenvalue weighted by Crippen LogP contribution is -2.38. The predicted molar refractivity (Wildman–Crippen MR) is 116 cm³/mol. The molecule has 1 aliphatic rings. The molecular weight excluding hydrogens is 461 g/mol. The fourth-order valence-corrected chi connectivity index (χ4v) is 4.69. The smallest absolute Gasteiger partial charge is 0.419 e. The van der Waals surface area contributed by atoms with Crippen LogP contribution in [0.25, 0.3) is 10.3 Å². The molecule has 1 saturated heterocycles. The summed E-state index contributed by atoms with van der Waals surface area (Å²) in [5.41, 5.74) is -0.952. The number of fused-ring (bicyclic) bond motifs is 1. The summed E-state index contributed by atoms with van der Waals surface area (Å²) in [7, 11) is 0. The highest BCUT2D eigenvalue weighted by Crippen LogP contribution is 2.37. The Hall–Kier alpha value is -3.15. The molecule has 4 rings (SSSR count). The number of aromatic amines is 1. The molecule has 12 heteroatoms. The van der Waals surface area contributed by atoms with Crippen molar-refractivity contribution in [3.05, 3.63) is 46.0 Å². The molecule has 2 N–H and O–H groups in total. The van der Waals surface area contributed by atoms with Gasteiger partial charge < -0.3 is 19.7 Å². The van der Waals surface area contributed by atoms with E-state index >= 15 is 0 Å². The number of hydrogen-bond donors (Lipinski definition) is 2. The molecule has 0 saturated carbocycles. The molecule has 3 aromatic rings. The van der Waals surface area contributed by atoms with Crippen molar-refractivity contribution in [1.82, 2.24) is 15.0 Å². The number of aromatic nitrogens is 3. The van der Waals surface area contributed by atoms with Crippen LogP contribution in [0.4, 0.5) is 18.3 Å². The predicted octanol–water partition coefficient (Wildman–Crippen LogP) is 3.85. The molecule has 0 bridgehead atoms. The molecule has 3 heterocycles. The van der Waals surface area contributed by atoms with Crippen LogP contribution < -0.4 is 15.2 Å². The van der Waals surface area contributed by atoms with Gasteiger partial charge in [0, 0.05) is 38.8 Å². The highest BCUT2D eigenvalue weighted by Gasteiger charge is 2.35. The number of nitrogens with zero attached hydrogens (tertiary/aromatic N) is 3. The molecule has 1 fully saturated rings. The van der Waals surface area contributed by atoms with E-state index in [1.807, 2.05) is 4.90 Å². The summed E-state index contributed by atoms with van der Waals surface area (Å²) in [5.74, 6) is -0.665. The Morgan fingerprint density at radius 1 is 1.24 bits per heavy atom. The summed E-state index contributed by atoms with van der Waals surface area (Å²) in [5, 5.41) is 9.36. The van der Waals surface area contributed by atoms with E-state index in [-0.39, 0.29) is 29.4 Å². The van der Waals surface area contributed by atoms with Crippen LogP contribution in [-0.4, -0.2) is 45.2 Å². The number of carbonyl (C=O) groups is 1. The van der Waals surface area contributed by atoms with E-state index < -0.39 is 17.7 Å². The maximum absolute atomic E-state index is 13.2. The van der Waals surface area contributed by atoms with E-state index in [2.05, 4.69) is 15.0 Å². The molecular formula is C21H21F3N4O4S. The van der Waals surface area contributed by atoms with Gasteiger partial charge >= 0.3 is 12.1 Å². The van der Waals surface area contributed by atoms with Crippen molar-refractivity contribution in [3.8, 4) is 5.75 Å². The minimum atomic E-state index is -4.48. The molecule has 1 aromatic carbocycles. The van der Waals surface area contributed by atoms with E-state index in [4.69, 9.17) is 9.84 Å². The molecule has 33 heavy (non-hydrogen) atoms. The normalized spacial score (nSPS) is 15.2. The van der Waals surface area contributed by atoms with Crippen LogP contribution in [0, 0.1) is 0 Å². The summed E-state index contributed by atoms with van der Waals surface area (Å²) in [6.07, 6.45) is -3.14. The number of H-pyrrole nitrogens is 1. The molecule has 0 aliphatic carbocycles. The van der Waals surface area contributed by atoms with E-state index in [0.717, 1.165) is 6.07 Å². The average Bonchev–Trinajstić information content (AvgIpc) is 3.18. The Morgan fingerprint density at radius 2 is 1.97 bits per heavy atom. The van der Waals surface area contributed by atoms with E-state index in [9.17, 15) is 22.8 Å². The van der Waals surface area contributed by atoms with E-state index in [0.29, 0.717) is 54.6 Å². The molecule has 2 aromatic heterocycles. The number of ether oxygens (including phenoxy) is 1. The molecule has 0 radical (unpaired) electrons. The molecule has 0 unspecified atom stereocenters. The number of aliphatic carboxylic acids is 1. The van der Waals surface area contributed by atoms with Crippen molar-refractivity contribution >= 4 is 32.8 Å². The fourth-order valence-electron chi connectivity index (χ4n) is 3.67. The van der Waals surface area contributed by atoms with Gasteiger partial charge in [0.2, 0.25) is 0 Å². The summed E-state index contributed by atoms with van der Waals surface area (Å²) in [6.45, 7) is 1.03. The van der Waals surface area contributed by atoms with Crippen LogP contribution in [0.2, 0.25) is 0 Å². The summed E-state index contributed by atoms with van der Waals surface area (Å²) >= 11 is 1.26. The standard InChI is InChI=1S/C21H21F3N4O4S/c22-21(23,24)13-4-1-2-5-14(13)32-12-8-10-28(11-9-12)20-27-17-18(31)25-15(26-19(17)33-20)6-3-7-16(29)30/h1-2,4-5,12H,3,6-11H2,(H,29,30)(H,25,26,31). The second kappa shape index (κ2) is 9.38. The average molecular weight is 482 g/mol. The highest BCUT2D eigenvalue weighted by molar-refractivity contribution is 7.21. The molecule has 176 valence electrons. The van der Waals surface area contributed by atoms with Crippen molar-refractivity contribution in [1.29, 1.82) is 0 Å². The number of para-hydroxylation sites is 1. The van der Waals surface area contributed by atoms with Gasteiger partial charge in [-0.25, -0.2) is 9.97 Å². The first-order valence-electron chi connectivity index (χ1n) is 10.4. The van der Waals surface area contributed by atoms with Gasteiger partial charge in [-0.2, -0.15) is 13.2 Å². The Kier molecular flexibility index (Phi) is 6.54. The first-order chi connectivity index (χ1) is 15.7. The number of benzene rings is 1. The minimum absolute atomic E-state index is 0.0137. The quantitative estimate of drug-likeness (QED) is 0.527. The first kappa shape index (κ1) is 23.0. The van der Waals surface area contributed by atoms with Crippen molar-refractivity contribution in [2.75, 3.05) is 18.0 Å². The van der Waals surface area contributed by atoms with Crippen molar-refractivity contribution < 1.29 is 27.8 Å². The van der Waals surface area contributed by atoms with Crippen LogP contribution in [0.15, 0.2) is 29.1 Å². The lowest BCUT2D eigenvalue weighted by atomic mass is 10.1. The van der Waals surface area contributed by atoms with E-state index in [1.165, 1.54) is 29.5 Å². The molecule has 8 nitrogen and oxygen atoms in total. The van der Waals surface area contributed by atoms with Gasteiger partial charge in [-0.1, -0.05) is 23.5 Å². The summed E-state index contributed by atoms with van der Waals surface area (Å²) < 4.78 is 45.3. The first-order valence-corrected chi connectivity index (χ1v) is 11.2. The third kappa shape index (κ3) is 5.44. The van der Waals surface area contributed by atoms with E-state index in [1.54, 1.807) is 0 Å². The summed E-state index contributed by atoms with van der Waals surface area (Å²) in [4.78, 5) is 36.9. The van der Waals surface area contributed by atoms with Gasteiger partial charge in [-0.15, -0.1) is 0 Å². The number of nitrogens with one attached hydrogen (secondary N) is 1. The number of aryl methyl sites for hydroxylation is 1. The topological polar surface area (TPSA) is 108 Å². The van der Waals surface area contributed by atoms with Crippen LogP contribution in [0.3, 0.4) is 0 Å². The molecule has 1 aliphatic heterocycles. The second-order valence-corrected chi connectivity index (χ2v) is 8.66. The Balaban J connectivity index is 1.42. The number of anilines is 1. The zero-order valence-corrected chi connectivity index (χ0v) is 18.2. The van der Waals surface area contributed by atoms with Gasteiger partial charge in [0.1, 0.15) is 17.7 Å². The lowest BCUT2D eigenvalue weighted by Gasteiger charge is -2.32. The molecule has 0 spiro atoms. The number of halogens is 3. The van der Waals surface area contributed by atoms with Crippen molar-refractivity contribution in [2.45, 2.75) is 44.4 Å². The number of alkyl halides is 3. The van der Waals surface area contributed by atoms with Gasteiger partial charge in [0.15, 0.2) is 15.5 Å².